The van der Waals surface area contributed by atoms with Crippen LogP contribution in [0.5, 0.6) is 5.75 Å². The van der Waals surface area contributed by atoms with Crippen LogP contribution >= 0.6 is 58.0 Å². The fourth-order valence-corrected chi connectivity index (χ4v) is 5.24. The van der Waals surface area contributed by atoms with Crippen LogP contribution in [-0.2, 0) is 6.42 Å². The van der Waals surface area contributed by atoms with Crippen LogP contribution in [0, 0.1) is 0 Å². The maximum absolute atomic E-state index is 12.5. The van der Waals surface area contributed by atoms with E-state index in [-0.39, 0.29) is 66.2 Å². The number of halogens is 5. The molecule has 7 nitrogen and oxygen atoms in total. The highest BCUT2D eigenvalue weighted by atomic mass is 35.5. The maximum atomic E-state index is 12.5. The largest absolute Gasteiger partial charge is 0.506 e. The van der Waals surface area contributed by atoms with Gasteiger partial charge in [0.2, 0.25) is 5.43 Å². The first-order valence-electron chi connectivity index (χ1n) is 9.68. The molecule has 0 fully saturated rings. The normalized spacial score (nSPS) is 11.4. The molecule has 3 N–H and O–H groups in total. The molecule has 0 amide bonds. The van der Waals surface area contributed by atoms with Gasteiger partial charge in [-0.25, -0.2) is 9.59 Å². The number of carboxylic acid groups (broad SMARTS) is 2. The van der Waals surface area contributed by atoms with Crippen molar-refractivity contribution in [2.24, 2.45) is 0 Å². The minimum Gasteiger partial charge on any atom is -0.506 e. The van der Waals surface area contributed by atoms with Crippen molar-refractivity contribution in [1.82, 2.24) is 0 Å². The molecule has 4 rings (SSSR count). The molecule has 0 bridgehead atoms. The molecule has 180 valence electrons. The predicted octanol–water partition coefficient (Wildman–Crippen LogP) is 7.50. The van der Waals surface area contributed by atoms with Gasteiger partial charge in [-0.2, -0.15) is 0 Å². The molecule has 0 saturated heterocycles. The molecule has 2 aromatic carbocycles. The molecule has 35 heavy (non-hydrogen) atoms. The molecule has 1 heterocycles. The van der Waals surface area contributed by atoms with Crippen molar-refractivity contribution in [2.45, 2.75) is 13.3 Å². The van der Waals surface area contributed by atoms with Crippen molar-refractivity contribution < 1.29 is 29.3 Å². The van der Waals surface area contributed by atoms with Crippen LogP contribution < -0.4 is 5.43 Å². The van der Waals surface area contributed by atoms with Crippen molar-refractivity contribution in [1.29, 1.82) is 0 Å². The Labute approximate surface area is 221 Å². The number of phenolic OH excluding ortho intramolecular Hbond substituents is 1. The molecular weight excluding hydrogens is 566 g/mol. The number of hydrogen-bond acceptors (Lipinski definition) is 5. The van der Waals surface area contributed by atoms with E-state index in [1.807, 2.05) is 0 Å². The van der Waals surface area contributed by atoms with E-state index in [9.17, 15) is 29.7 Å². The minimum atomic E-state index is -1.57. The van der Waals surface area contributed by atoms with Crippen molar-refractivity contribution in [3.05, 3.63) is 70.2 Å². The van der Waals surface area contributed by atoms with Crippen molar-refractivity contribution in [2.75, 3.05) is 0 Å². The molecule has 0 aromatic heterocycles. The minimum absolute atomic E-state index is 0.0476. The lowest BCUT2D eigenvalue weighted by molar-refractivity contribution is 0.0696. The van der Waals surface area contributed by atoms with E-state index in [1.165, 1.54) is 12.1 Å². The van der Waals surface area contributed by atoms with E-state index < -0.39 is 38.5 Å². The Morgan fingerprint density at radius 1 is 0.886 bits per heavy atom. The highest BCUT2D eigenvalue weighted by Gasteiger charge is 2.32. The van der Waals surface area contributed by atoms with Crippen LogP contribution in [0.2, 0.25) is 25.1 Å². The average Bonchev–Trinajstić information content (AvgIpc) is 2.79. The van der Waals surface area contributed by atoms with Gasteiger partial charge in [0.25, 0.3) is 0 Å². The van der Waals surface area contributed by atoms with Gasteiger partial charge in [0, 0.05) is 27.6 Å². The zero-order valence-corrected chi connectivity index (χ0v) is 21.1. The van der Waals surface area contributed by atoms with Gasteiger partial charge in [0.1, 0.15) is 16.4 Å². The SMILES string of the molecule is CCc1c(O)c(Cl)cc2c(-c3c(Cl)cc(C(=O)O)c(Cl)c3C(=O)O)c3cc(Cl)c(=O)c(Cl)c-3oc12. The highest BCUT2D eigenvalue weighted by Crippen LogP contribution is 2.50. The van der Waals surface area contributed by atoms with Crippen molar-refractivity contribution >= 4 is 80.9 Å². The molecule has 12 heteroatoms. The summed E-state index contributed by atoms with van der Waals surface area (Å²) in [5.41, 5.74) is -1.64. The van der Waals surface area contributed by atoms with Crippen LogP contribution in [0.4, 0.5) is 0 Å². The molecular formula is C23H11Cl5O7. The number of aryl methyl sites for hydroxylation is 1. The fourth-order valence-electron chi connectivity index (χ4n) is 3.92. The van der Waals surface area contributed by atoms with E-state index in [1.54, 1.807) is 6.92 Å². The first-order chi connectivity index (χ1) is 16.4. The summed E-state index contributed by atoms with van der Waals surface area (Å²) in [6, 6.07) is 3.54. The quantitative estimate of drug-likeness (QED) is 0.215. The van der Waals surface area contributed by atoms with Gasteiger partial charge >= 0.3 is 11.9 Å². The lowest BCUT2D eigenvalue weighted by Crippen LogP contribution is -2.10. The number of aromatic hydroxyl groups is 1. The molecule has 2 aromatic rings. The molecule has 0 atom stereocenters. The van der Waals surface area contributed by atoms with Crippen LogP contribution in [-0.4, -0.2) is 27.3 Å². The lowest BCUT2D eigenvalue weighted by atomic mass is 9.88. The lowest BCUT2D eigenvalue weighted by Gasteiger charge is -2.21. The number of aromatic carboxylic acids is 2. The Balaban J connectivity index is 2.40. The van der Waals surface area contributed by atoms with E-state index in [0.717, 1.165) is 6.07 Å². The molecule has 0 spiro atoms. The summed E-state index contributed by atoms with van der Waals surface area (Å²) in [5.74, 6) is -3.51. The third-order valence-electron chi connectivity index (χ3n) is 5.44. The van der Waals surface area contributed by atoms with E-state index >= 15 is 0 Å². The number of carbonyl (C=O) groups is 2. The van der Waals surface area contributed by atoms with Gasteiger partial charge in [-0.05, 0) is 24.6 Å². The fraction of sp³-hybridized carbons (Fsp3) is 0.0870. The van der Waals surface area contributed by atoms with Gasteiger partial charge < -0.3 is 19.7 Å². The van der Waals surface area contributed by atoms with Crippen LogP contribution in [0.1, 0.15) is 33.2 Å². The molecule has 1 aliphatic carbocycles. The summed E-state index contributed by atoms with van der Waals surface area (Å²) in [6.07, 6.45) is 0.227. The zero-order chi connectivity index (χ0) is 25.9. The number of carboxylic acids is 2. The van der Waals surface area contributed by atoms with Crippen LogP contribution in [0.25, 0.3) is 33.4 Å². The second kappa shape index (κ2) is 9.08. The topological polar surface area (TPSA) is 125 Å². The van der Waals surface area contributed by atoms with Crippen LogP contribution in [0.3, 0.4) is 0 Å². The third kappa shape index (κ3) is 3.88. The Bertz CT molecular complexity index is 1620. The van der Waals surface area contributed by atoms with Gasteiger partial charge in [0.05, 0.1) is 31.2 Å². The van der Waals surface area contributed by atoms with Gasteiger partial charge in [-0.15, -0.1) is 0 Å². The van der Waals surface area contributed by atoms with Gasteiger partial charge in [-0.1, -0.05) is 64.9 Å². The smallest absolute Gasteiger partial charge is 0.337 e. The Kier molecular flexibility index (Phi) is 6.59. The highest BCUT2D eigenvalue weighted by molar-refractivity contribution is 6.42. The Morgan fingerprint density at radius 3 is 2.11 bits per heavy atom. The summed E-state index contributed by atoms with van der Waals surface area (Å²) < 4.78 is 5.94. The molecule has 0 unspecified atom stereocenters. The maximum Gasteiger partial charge on any atom is 0.337 e. The number of hydrogen-bond donors (Lipinski definition) is 3. The number of rotatable bonds is 4. The summed E-state index contributed by atoms with van der Waals surface area (Å²) in [6.45, 7) is 1.71. The second-order valence-corrected chi connectivity index (χ2v) is 9.33. The number of phenols is 1. The van der Waals surface area contributed by atoms with Crippen molar-refractivity contribution in [3.8, 4) is 28.2 Å². The Morgan fingerprint density at radius 2 is 1.54 bits per heavy atom. The molecule has 0 radical (unpaired) electrons. The number of fused-ring (bicyclic) bond motifs is 2. The monoisotopic (exact) mass is 574 g/mol. The van der Waals surface area contributed by atoms with E-state index in [0.29, 0.717) is 0 Å². The third-order valence-corrected chi connectivity index (χ3v) is 7.04. The predicted molar refractivity (Wildman–Crippen MR) is 135 cm³/mol. The second-order valence-electron chi connectivity index (χ2n) is 7.35. The Hall–Kier alpha value is -2.68. The van der Waals surface area contributed by atoms with Crippen LogP contribution in [0.15, 0.2) is 27.4 Å². The first-order valence-corrected chi connectivity index (χ1v) is 11.6. The molecule has 2 aliphatic rings. The van der Waals surface area contributed by atoms with E-state index in [2.05, 4.69) is 0 Å². The molecule has 0 saturated carbocycles. The summed E-state index contributed by atoms with van der Waals surface area (Å²) in [7, 11) is 0. The zero-order valence-electron chi connectivity index (χ0n) is 17.3. The molecule has 1 aliphatic heterocycles. The number of benzene rings is 3. The standard InChI is InChI=1S/C23H11Cl5O7/c1-2-6-18(29)11(25)3-7-13(8-4-12(26)19(30)17(28)21(8)35-20(6)7)14-10(24)5-9(22(31)32)16(27)15(14)23(33)34/h3-5,29H,2H2,1H3,(H,31,32)(H,33,34). The summed E-state index contributed by atoms with van der Waals surface area (Å²) >= 11 is 31.3. The van der Waals surface area contributed by atoms with E-state index in [4.69, 9.17) is 62.4 Å². The first kappa shape index (κ1) is 25.4. The van der Waals surface area contributed by atoms with Crippen molar-refractivity contribution in [3.63, 3.8) is 0 Å². The summed E-state index contributed by atoms with van der Waals surface area (Å²) in [4.78, 5) is 36.4. The summed E-state index contributed by atoms with van der Waals surface area (Å²) in [5, 5.41) is 28.6. The average molecular weight is 577 g/mol. The van der Waals surface area contributed by atoms with Gasteiger partial charge in [-0.3, -0.25) is 4.79 Å². The van der Waals surface area contributed by atoms with Gasteiger partial charge in [0.15, 0.2) is 5.76 Å².